The molecule has 2 aliphatic rings. The molecule has 2 saturated heterocycles. The van der Waals surface area contributed by atoms with E-state index >= 15 is 0 Å². The molecule has 0 spiro atoms. The molecule has 5 heteroatoms. The third kappa shape index (κ3) is 4.75. The molecule has 0 aromatic heterocycles. The number of rotatable bonds is 5. The lowest BCUT2D eigenvalue weighted by Gasteiger charge is -2.31. The molecule has 2 unspecified atom stereocenters. The van der Waals surface area contributed by atoms with E-state index in [0.29, 0.717) is 25.0 Å². The minimum Gasteiger partial charge on any atom is -0.381 e. The van der Waals surface area contributed by atoms with Crippen LogP contribution >= 0.6 is 0 Å². The molecule has 0 saturated carbocycles. The van der Waals surface area contributed by atoms with Gasteiger partial charge in [0.2, 0.25) is 5.91 Å². The van der Waals surface area contributed by atoms with E-state index in [1.54, 1.807) is 0 Å². The number of hydrogen-bond donors (Lipinski definition) is 2. The maximum absolute atomic E-state index is 12.1. The van der Waals surface area contributed by atoms with E-state index < -0.39 is 0 Å². The Bertz CT molecular complexity index is 274. The molecule has 2 aliphatic heterocycles. The normalized spacial score (nSPS) is 26.9. The highest BCUT2D eigenvalue weighted by atomic mass is 16.5. The van der Waals surface area contributed by atoms with Crippen LogP contribution in [0.1, 0.15) is 32.6 Å². The number of carbonyl (C=O) groups excluding carboxylic acids is 1. The van der Waals surface area contributed by atoms with Crippen LogP contribution in [-0.2, 0) is 14.3 Å². The van der Waals surface area contributed by atoms with Crippen LogP contribution in [0.15, 0.2) is 0 Å². The topological polar surface area (TPSA) is 59.6 Å². The van der Waals surface area contributed by atoms with E-state index in [0.717, 1.165) is 45.6 Å². The van der Waals surface area contributed by atoms with Crippen molar-refractivity contribution < 1.29 is 14.3 Å². The molecule has 0 radical (unpaired) electrons. The Balaban J connectivity index is 1.74. The monoisotopic (exact) mass is 270 g/mol. The maximum Gasteiger partial charge on any atom is 0.221 e. The van der Waals surface area contributed by atoms with Crippen LogP contribution in [0.5, 0.6) is 0 Å². The molecule has 19 heavy (non-hydrogen) atoms. The van der Waals surface area contributed by atoms with Gasteiger partial charge in [0.05, 0.1) is 13.2 Å². The minimum atomic E-state index is 0.140. The second-order valence-corrected chi connectivity index (χ2v) is 5.46. The van der Waals surface area contributed by atoms with Gasteiger partial charge in [0.25, 0.3) is 0 Å². The zero-order valence-electron chi connectivity index (χ0n) is 11.8. The number of amides is 1. The summed E-state index contributed by atoms with van der Waals surface area (Å²) in [5.74, 6) is 0.708. The Hall–Kier alpha value is -0.650. The van der Waals surface area contributed by atoms with Crippen LogP contribution in [0.2, 0.25) is 0 Å². The molecular weight excluding hydrogens is 244 g/mol. The van der Waals surface area contributed by atoms with Crippen molar-refractivity contribution >= 4 is 5.91 Å². The van der Waals surface area contributed by atoms with Crippen molar-refractivity contribution in [1.29, 1.82) is 0 Å². The summed E-state index contributed by atoms with van der Waals surface area (Å²) in [7, 11) is 0. The summed E-state index contributed by atoms with van der Waals surface area (Å²) in [4.78, 5) is 12.1. The Morgan fingerprint density at radius 1 is 1.32 bits per heavy atom. The Morgan fingerprint density at radius 2 is 2.11 bits per heavy atom. The highest BCUT2D eigenvalue weighted by Crippen LogP contribution is 2.20. The van der Waals surface area contributed by atoms with E-state index in [2.05, 4.69) is 17.6 Å². The third-order valence-corrected chi connectivity index (χ3v) is 4.05. The molecule has 110 valence electrons. The molecular formula is C14H26N2O3. The number of nitrogens with one attached hydrogen (secondary N) is 2. The van der Waals surface area contributed by atoms with Crippen LogP contribution in [0.4, 0.5) is 0 Å². The summed E-state index contributed by atoms with van der Waals surface area (Å²) in [5.41, 5.74) is 0. The second-order valence-electron chi connectivity index (χ2n) is 5.46. The molecule has 0 bridgehead atoms. The number of hydrogen-bond acceptors (Lipinski definition) is 4. The molecule has 2 rings (SSSR count). The summed E-state index contributed by atoms with van der Waals surface area (Å²) in [6.07, 6.45) is 3.62. The van der Waals surface area contributed by atoms with Gasteiger partial charge in [-0.25, -0.2) is 0 Å². The van der Waals surface area contributed by atoms with Crippen LogP contribution in [0, 0.1) is 5.92 Å². The fourth-order valence-corrected chi connectivity index (χ4v) is 2.91. The summed E-state index contributed by atoms with van der Waals surface area (Å²) >= 11 is 0. The third-order valence-electron chi connectivity index (χ3n) is 4.05. The predicted molar refractivity (Wildman–Crippen MR) is 73.0 cm³/mol. The van der Waals surface area contributed by atoms with Gasteiger partial charge in [-0.3, -0.25) is 4.79 Å². The molecule has 0 aromatic carbocycles. The first-order valence-corrected chi connectivity index (χ1v) is 7.47. The van der Waals surface area contributed by atoms with Gasteiger partial charge in [-0.15, -0.1) is 0 Å². The van der Waals surface area contributed by atoms with Gasteiger partial charge in [0.1, 0.15) is 0 Å². The number of carbonyl (C=O) groups is 1. The predicted octanol–water partition coefficient (Wildman–Crippen LogP) is 0.686. The van der Waals surface area contributed by atoms with Crippen molar-refractivity contribution in [3.63, 3.8) is 0 Å². The van der Waals surface area contributed by atoms with Crippen molar-refractivity contribution in [2.24, 2.45) is 5.92 Å². The van der Waals surface area contributed by atoms with E-state index in [1.807, 2.05) is 0 Å². The van der Waals surface area contributed by atoms with E-state index in [9.17, 15) is 4.79 Å². The number of morpholine rings is 1. The second kappa shape index (κ2) is 7.82. The lowest BCUT2D eigenvalue weighted by molar-refractivity contribution is -0.123. The van der Waals surface area contributed by atoms with Crippen molar-refractivity contribution in [1.82, 2.24) is 10.6 Å². The number of ether oxygens (including phenoxy) is 2. The van der Waals surface area contributed by atoms with Crippen molar-refractivity contribution in [2.45, 2.75) is 44.7 Å². The first-order valence-electron chi connectivity index (χ1n) is 7.47. The summed E-state index contributed by atoms with van der Waals surface area (Å²) < 4.78 is 10.8. The van der Waals surface area contributed by atoms with Gasteiger partial charge in [0, 0.05) is 38.3 Å². The average Bonchev–Trinajstić information content (AvgIpc) is 2.47. The molecule has 5 nitrogen and oxygen atoms in total. The van der Waals surface area contributed by atoms with Gasteiger partial charge in [-0.05, 0) is 25.2 Å². The summed E-state index contributed by atoms with van der Waals surface area (Å²) in [5, 5.41) is 6.51. The SMILES string of the molecule is CCC(NC(=O)CC1COCCN1)C1CCOCC1. The maximum atomic E-state index is 12.1. The Labute approximate surface area is 115 Å². The van der Waals surface area contributed by atoms with Gasteiger partial charge in [0.15, 0.2) is 0 Å². The zero-order valence-corrected chi connectivity index (χ0v) is 11.8. The largest absolute Gasteiger partial charge is 0.381 e. The molecule has 1 amide bonds. The zero-order chi connectivity index (χ0) is 13.5. The minimum absolute atomic E-state index is 0.140. The highest BCUT2D eigenvalue weighted by molar-refractivity contribution is 5.77. The first-order chi connectivity index (χ1) is 9.29. The van der Waals surface area contributed by atoms with Gasteiger partial charge in [-0.2, -0.15) is 0 Å². The molecule has 2 heterocycles. The Morgan fingerprint density at radius 3 is 2.74 bits per heavy atom. The van der Waals surface area contributed by atoms with Crippen molar-refractivity contribution in [2.75, 3.05) is 33.0 Å². The van der Waals surface area contributed by atoms with Crippen LogP contribution in [-0.4, -0.2) is 51.0 Å². The summed E-state index contributed by atoms with van der Waals surface area (Å²) in [6, 6.07) is 0.460. The highest BCUT2D eigenvalue weighted by Gasteiger charge is 2.25. The molecule has 0 aromatic rings. The van der Waals surface area contributed by atoms with E-state index in [4.69, 9.17) is 9.47 Å². The fraction of sp³-hybridized carbons (Fsp3) is 0.929. The van der Waals surface area contributed by atoms with Crippen LogP contribution in [0.25, 0.3) is 0 Å². The summed E-state index contributed by atoms with van der Waals surface area (Å²) in [6.45, 7) is 6.03. The lowest BCUT2D eigenvalue weighted by Crippen LogP contribution is -2.47. The Kier molecular flexibility index (Phi) is 6.07. The van der Waals surface area contributed by atoms with E-state index in [1.165, 1.54) is 0 Å². The quantitative estimate of drug-likeness (QED) is 0.771. The van der Waals surface area contributed by atoms with Gasteiger partial charge >= 0.3 is 0 Å². The van der Waals surface area contributed by atoms with Crippen molar-refractivity contribution in [3.8, 4) is 0 Å². The fourth-order valence-electron chi connectivity index (χ4n) is 2.91. The van der Waals surface area contributed by atoms with E-state index in [-0.39, 0.29) is 11.9 Å². The van der Waals surface area contributed by atoms with Crippen LogP contribution < -0.4 is 10.6 Å². The molecule has 2 fully saturated rings. The molecule has 2 atom stereocenters. The standard InChI is InChI=1S/C14H26N2O3/c1-2-13(11-3-6-18-7-4-11)16-14(17)9-12-10-19-8-5-15-12/h11-13,15H,2-10H2,1H3,(H,16,17). The van der Waals surface area contributed by atoms with Crippen molar-refractivity contribution in [3.05, 3.63) is 0 Å². The molecule has 2 N–H and O–H groups in total. The average molecular weight is 270 g/mol. The van der Waals surface area contributed by atoms with Gasteiger partial charge in [-0.1, -0.05) is 6.92 Å². The van der Waals surface area contributed by atoms with Crippen LogP contribution in [0.3, 0.4) is 0 Å². The molecule has 0 aliphatic carbocycles. The van der Waals surface area contributed by atoms with Gasteiger partial charge < -0.3 is 20.1 Å². The lowest BCUT2D eigenvalue weighted by atomic mass is 9.90. The smallest absolute Gasteiger partial charge is 0.221 e. The first kappa shape index (κ1) is 14.8.